The van der Waals surface area contributed by atoms with Crippen LogP contribution in [0.25, 0.3) is 5.65 Å². The second kappa shape index (κ2) is 6.64. The standard InChI is InChI=1S/C20H26N6O/c1-13-6-7-17(27-13)14(2)21-10-15-11-25(12-15)19-9-8-18-22-23-20(26(18)24-19)16-4-3-5-16/h6-9,14-16,21H,3-5,10-12H2,1-2H3. The third-order valence-corrected chi connectivity index (χ3v) is 5.92. The molecule has 0 spiro atoms. The third-order valence-electron chi connectivity index (χ3n) is 5.92. The highest BCUT2D eigenvalue weighted by molar-refractivity contribution is 5.47. The lowest BCUT2D eigenvalue weighted by Crippen LogP contribution is -2.51. The van der Waals surface area contributed by atoms with E-state index in [1.54, 1.807) is 0 Å². The first-order valence-corrected chi connectivity index (χ1v) is 9.94. The molecule has 2 fully saturated rings. The molecule has 2 aliphatic rings. The van der Waals surface area contributed by atoms with Crippen molar-refractivity contribution in [3.05, 3.63) is 41.6 Å². The van der Waals surface area contributed by atoms with E-state index in [2.05, 4.69) is 39.5 Å². The van der Waals surface area contributed by atoms with Gasteiger partial charge < -0.3 is 14.6 Å². The molecule has 1 N–H and O–H groups in total. The molecule has 1 aliphatic heterocycles. The maximum atomic E-state index is 5.70. The molecule has 7 heteroatoms. The average molecular weight is 366 g/mol. The lowest BCUT2D eigenvalue weighted by atomic mass is 9.85. The molecule has 4 heterocycles. The van der Waals surface area contributed by atoms with Gasteiger partial charge in [0.05, 0.1) is 6.04 Å². The van der Waals surface area contributed by atoms with E-state index in [9.17, 15) is 0 Å². The van der Waals surface area contributed by atoms with Gasteiger partial charge >= 0.3 is 0 Å². The minimum atomic E-state index is 0.240. The van der Waals surface area contributed by atoms with Crippen LogP contribution < -0.4 is 10.2 Å². The van der Waals surface area contributed by atoms with Crippen molar-refractivity contribution in [2.24, 2.45) is 5.92 Å². The van der Waals surface area contributed by atoms with E-state index in [-0.39, 0.29) is 6.04 Å². The third kappa shape index (κ3) is 3.10. The summed E-state index contributed by atoms with van der Waals surface area (Å²) in [5, 5.41) is 17.0. The van der Waals surface area contributed by atoms with E-state index in [0.29, 0.717) is 11.8 Å². The summed E-state index contributed by atoms with van der Waals surface area (Å²) in [5.74, 6) is 5.18. The molecule has 0 radical (unpaired) electrons. The van der Waals surface area contributed by atoms with Crippen LogP contribution in [0.3, 0.4) is 0 Å². The fraction of sp³-hybridized carbons (Fsp3) is 0.550. The van der Waals surface area contributed by atoms with Crippen molar-refractivity contribution in [1.29, 1.82) is 0 Å². The van der Waals surface area contributed by atoms with Gasteiger partial charge in [0.2, 0.25) is 0 Å². The predicted octanol–water partition coefficient (Wildman–Crippen LogP) is 3.08. The molecule has 142 valence electrons. The minimum Gasteiger partial charge on any atom is -0.465 e. The van der Waals surface area contributed by atoms with Crippen molar-refractivity contribution in [1.82, 2.24) is 25.1 Å². The fourth-order valence-corrected chi connectivity index (χ4v) is 3.90. The summed E-state index contributed by atoms with van der Waals surface area (Å²) in [6.07, 6.45) is 3.70. The molecule has 0 amide bonds. The Hall–Kier alpha value is -2.41. The quantitative estimate of drug-likeness (QED) is 0.723. The smallest absolute Gasteiger partial charge is 0.178 e. The number of anilines is 1. The van der Waals surface area contributed by atoms with Crippen molar-refractivity contribution < 1.29 is 4.42 Å². The van der Waals surface area contributed by atoms with Gasteiger partial charge in [-0.3, -0.25) is 0 Å². The van der Waals surface area contributed by atoms with Gasteiger partial charge in [-0.15, -0.1) is 15.3 Å². The van der Waals surface area contributed by atoms with E-state index in [1.165, 1.54) is 19.3 Å². The van der Waals surface area contributed by atoms with Crippen molar-refractivity contribution in [3.63, 3.8) is 0 Å². The molecule has 1 aliphatic carbocycles. The lowest BCUT2D eigenvalue weighted by molar-refractivity contribution is 0.344. The first kappa shape index (κ1) is 16.7. The molecule has 1 saturated carbocycles. The van der Waals surface area contributed by atoms with Crippen molar-refractivity contribution in [3.8, 4) is 0 Å². The molecular weight excluding hydrogens is 340 g/mol. The highest BCUT2D eigenvalue weighted by Gasteiger charge is 2.30. The molecule has 1 unspecified atom stereocenters. The van der Waals surface area contributed by atoms with Gasteiger partial charge in [0.1, 0.15) is 17.3 Å². The zero-order chi connectivity index (χ0) is 18.4. The second-order valence-corrected chi connectivity index (χ2v) is 8.00. The normalized spacial score (nSPS) is 19.3. The minimum absolute atomic E-state index is 0.240. The number of aryl methyl sites for hydroxylation is 1. The molecule has 5 rings (SSSR count). The number of fused-ring (bicyclic) bond motifs is 1. The van der Waals surface area contributed by atoms with Crippen LogP contribution in [0, 0.1) is 12.8 Å². The van der Waals surface area contributed by atoms with E-state index >= 15 is 0 Å². The van der Waals surface area contributed by atoms with E-state index in [1.807, 2.05) is 23.6 Å². The first-order chi connectivity index (χ1) is 13.2. The summed E-state index contributed by atoms with van der Waals surface area (Å²) in [7, 11) is 0. The predicted molar refractivity (Wildman–Crippen MR) is 103 cm³/mol. The number of nitrogens with one attached hydrogen (secondary N) is 1. The summed E-state index contributed by atoms with van der Waals surface area (Å²) in [6.45, 7) is 7.17. The first-order valence-electron chi connectivity index (χ1n) is 9.94. The van der Waals surface area contributed by atoms with E-state index in [4.69, 9.17) is 9.52 Å². The number of hydrogen-bond acceptors (Lipinski definition) is 6. The van der Waals surface area contributed by atoms with Crippen LogP contribution >= 0.6 is 0 Å². The Morgan fingerprint density at radius 1 is 1.19 bits per heavy atom. The van der Waals surface area contributed by atoms with Crippen molar-refractivity contribution in [2.45, 2.75) is 45.1 Å². The van der Waals surface area contributed by atoms with Gasteiger partial charge in [-0.2, -0.15) is 4.52 Å². The van der Waals surface area contributed by atoms with Crippen LogP contribution in [0.2, 0.25) is 0 Å². The molecule has 0 bridgehead atoms. The Labute approximate surface area is 158 Å². The van der Waals surface area contributed by atoms with E-state index < -0.39 is 0 Å². The lowest BCUT2D eigenvalue weighted by Gasteiger charge is -2.40. The SMILES string of the molecule is Cc1ccc(C(C)NCC2CN(c3ccc4nnc(C5CCC5)n4n3)C2)o1. The van der Waals surface area contributed by atoms with Gasteiger partial charge in [-0.1, -0.05) is 6.42 Å². The largest absolute Gasteiger partial charge is 0.465 e. The van der Waals surface area contributed by atoms with Crippen LogP contribution in [0.4, 0.5) is 5.82 Å². The Morgan fingerprint density at radius 2 is 2.04 bits per heavy atom. The van der Waals surface area contributed by atoms with Gasteiger partial charge in [-0.25, -0.2) is 0 Å². The average Bonchev–Trinajstić information content (AvgIpc) is 3.18. The van der Waals surface area contributed by atoms with Crippen LogP contribution in [0.5, 0.6) is 0 Å². The topological polar surface area (TPSA) is 71.5 Å². The van der Waals surface area contributed by atoms with E-state index in [0.717, 1.165) is 48.4 Å². The number of furan rings is 1. The Bertz CT molecular complexity index is 937. The summed E-state index contributed by atoms with van der Waals surface area (Å²) in [5.41, 5.74) is 0.849. The number of nitrogens with zero attached hydrogens (tertiary/aromatic N) is 5. The van der Waals surface area contributed by atoms with Crippen molar-refractivity contribution in [2.75, 3.05) is 24.5 Å². The summed E-state index contributed by atoms with van der Waals surface area (Å²) in [6, 6.07) is 8.40. The molecule has 27 heavy (non-hydrogen) atoms. The van der Waals surface area contributed by atoms with Crippen LogP contribution in [0.15, 0.2) is 28.7 Å². The highest BCUT2D eigenvalue weighted by atomic mass is 16.3. The monoisotopic (exact) mass is 366 g/mol. The Morgan fingerprint density at radius 3 is 2.74 bits per heavy atom. The fourth-order valence-electron chi connectivity index (χ4n) is 3.90. The van der Waals surface area contributed by atoms with Gasteiger partial charge in [0.25, 0.3) is 0 Å². The molecule has 3 aromatic rings. The number of rotatable bonds is 6. The number of aromatic nitrogens is 4. The van der Waals surface area contributed by atoms with Gasteiger partial charge in [0.15, 0.2) is 11.5 Å². The van der Waals surface area contributed by atoms with Gasteiger partial charge in [0, 0.05) is 31.5 Å². The highest BCUT2D eigenvalue weighted by Crippen LogP contribution is 2.35. The zero-order valence-corrected chi connectivity index (χ0v) is 15.9. The molecule has 7 nitrogen and oxygen atoms in total. The maximum Gasteiger partial charge on any atom is 0.178 e. The second-order valence-electron chi connectivity index (χ2n) is 8.00. The molecule has 1 saturated heterocycles. The number of hydrogen-bond donors (Lipinski definition) is 1. The maximum absolute atomic E-state index is 5.70. The molecule has 3 aromatic heterocycles. The van der Waals surface area contributed by atoms with Crippen LogP contribution in [-0.2, 0) is 0 Å². The van der Waals surface area contributed by atoms with Crippen molar-refractivity contribution >= 4 is 11.5 Å². The zero-order valence-electron chi connectivity index (χ0n) is 15.9. The van der Waals surface area contributed by atoms with Gasteiger partial charge in [-0.05, 0) is 51.0 Å². The Kier molecular flexibility index (Phi) is 4.11. The summed E-state index contributed by atoms with van der Waals surface area (Å²) >= 11 is 0. The molecule has 1 atom stereocenters. The molecular formula is C20H26N6O. The Balaban J connectivity index is 1.19. The molecule has 0 aromatic carbocycles. The summed E-state index contributed by atoms with van der Waals surface area (Å²) < 4.78 is 7.65. The van der Waals surface area contributed by atoms with Crippen LogP contribution in [0.1, 0.15) is 55.5 Å². The summed E-state index contributed by atoms with van der Waals surface area (Å²) in [4.78, 5) is 2.33. The van der Waals surface area contributed by atoms with Crippen LogP contribution in [-0.4, -0.2) is 39.4 Å².